The number of urea groups is 1. The lowest BCUT2D eigenvalue weighted by molar-refractivity contribution is -0.146. The largest absolute Gasteiger partial charge is 0.480 e. The van der Waals surface area contributed by atoms with Crippen molar-refractivity contribution in [3.63, 3.8) is 0 Å². The molecular formula is C14H24N2O3. The zero-order valence-corrected chi connectivity index (χ0v) is 11.8. The molecule has 0 saturated heterocycles. The van der Waals surface area contributed by atoms with Crippen molar-refractivity contribution >= 4 is 12.0 Å². The van der Waals surface area contributed by atoms with Crippen LogP contribution in [-0.4, -0.2) is 40.1 Å². The van der Waals surface area contributed by atoms with E-state index in [2.05, 4.69) is 11.9 Å². The number of nitrogens with one attached hydrogen (secondary N) is 1. The summed E-state index contributed by atoms with van der Waals surface area (Å²) in [6.45, 7) is 7.84. The summed E-state index contributed by atoms with van der Waals surface area (Å²) < 4.78 is 0. The third-order valence-corrected chi connectivity index (χ3v) is 3.67. The summed E-state index contributed by atoms with van der Waals surface area (Å²) in [6, 6.07) is -0.313. The van der Waals surface area contributed by atoms with Crippen molar-refractivity contribution < 1.29 is 14.7 Å². The average molecular weight is 268 g/mol. The first-order chi connectivity index (χ1) is 8.93. The highest BCUT2D eigenvalue weighted by Gasteiger charge is 2.41. The fourth-order valence-corrected chi connectivity index (χ4v) is 2.49. The molecule has 1 rings (SSSR count). The number of carbonyl (C=O) groups is 2. The van der Waals surface area contributed by atoms with E-state index in [0.717, 1.165) is 19.3 Å². The second kappa shape index (κ2) is 6.59. The normalized spacial score (nSPS) is 17.8. The van der Waals surface area contributed by atoms with E-state index in [0.29, 0.717) is 19.4 Å². The van der Waals surface area contributed by atoms with Crippen LogP contribution in [0.1, 0.15) is 46.0 Å². The summed E-state index contributed by atoms with van der Waals surface area (Å²) in [5.74, 6) is -0.928. The summed E-state index contributed by atoms with van der Waals surface area (Å²) in [5, 5.41) is 12.2. The van der Waals surface area contributed by atoms with Gasteiger partial charge in [-0.15, -0.1) is 6.58 Å². The summed E-state index contributed by atoms with van der Waals surface area (Å²) >= 11 is 0. The molecule has 0 heterocycles. The summed E-state index contributed by atoms with van der Waals surface area (Å²) in [7, 11) is 0. The van der Waals surface area contributed by atoms with Crippen LogP contribution in [0.25, 0.3) is 0 Å². The second-order valence-corrected chi connectivity index (χ2v) is 5.41. The maximum absolute atomic E-state index is 12.3. The Kier molecular flexibility index (Phi) is 5.39. The van der Waals surface area contributed by atoms with Gasteiger partial charge in [0.25, 0.3) is 0 Å². The molecule has 0 aliphatic heterocycles. The molecule has 5 nitrogen and oxygen atoms in total. The molecule has 108 valence electrons. The monoisotopic (exact) mass is 268 g/mol. The van der Waals surface area contributed by atoms with Crippen molar-refractivity contribution in [3.8, 4) is 0 Å². The van der Waals surface area contributed by atoms with Gasteiger partial charge in [0.05, 0.1) is 0 Å². The summed E-state index contributed by atoms with van der Waals surface area (Å²) in [5.41, 5.74) is -1.09. The van der Waals surface area contributed by atoms with E-state index in [4.69, 9.17) is 0 Å². The highest BCUT2D eigenvalue weighted by atomic mass is 16.4. The Morgan fingerprint density at radius 2 is 1.95 bits per heavy atom. The molecule has 5 heteroatoms. The highest BCUT2D eigenvalue weighted by Crippen LogP contribution is 2.28. The van der Waals surface area contributed by atoms with E-state index >= 15 is 0 Å². The van der Waals surface area contributed by atoms with Crippen LogP contribution in [0.4, 0.5) is 4.79 Å². The smallest absolute Gasteiger partial charge is 0.329 e. The number of aliphatic carboxylic acids is 1. The van der Waals surface area contributed by atoms with Gasteiger partial charge in [-0.05, 0) is 26.7 Å². The van der Waals surface area contributed by atoms with Crippen LogP contribution in [0, 0.1) is 0 Å². The molecule has 0 aromatic rings. The van der Waals surface area contributed by atoms with Crippen molar-refractivity contribution in [3.05, 3.63) is 12.7 Å². The number of carboxylic acid groups (broad SMARTS) is 1. The van der Waals surface area contributed by atoms with Gasteiger partial charge in [0.15, 0.2) is 0 Å². The topological polar surface area (TPSA) is 69.6 Å². The zero-order chi connectivity index (χ0) is 14.5. The van der Waals surface area contributed by atoms with Gasteiger partial charge in [-0.1, -0.05) is 25.3 Å². The van der Waals surface area contributed by atoms with E-state index < -0.39 is 11.5 Å². The number of carbonyl (C=O) groups excluding carboxylic acids is 1. The van der Waals surface area contributed by atoms with E-state index in [-0.39, 0.29) is 12.1 Å². The van der Waals surface area contributed by atoms with Crippen LogP contribution in [0.2, 0.25) is 0 Å². The first-order valence-corrected chi connectivity index (χ1v) is 6.86. The standard InChI is InChI=1S/C14H24N2O3/c1-4-10-16(11(2)3)13(19)15-14(12(17)18)8-6-5-7-9-14/h4,11H,1,5-10H2,2-3H3,(H,15,19)(H,17,18). The van der Waals surface area contributed by atoms with E-state index in [9.17, 15) is 14.7 Å². The molecule has 0 radical (unpaired) electrons. The summed E-state index contributed by atoms with van der Waals surface area (Å²) in [6.07, 6.45) is 5.38. The van der Waals surface area contributed by atoms with Crippen molar-refractivity contribution in [1.29, 1.82) is 0 Å². The van der Waals surface area contributed by atoms with Gasteiger partial charge in [0, 0.05) is 12.6 Å². The van der Waals surface area contributed by atoms with Crippen molar-refractivity contribution in [2.75, 3.05) is 6.54 Å². The Morgan fingerprint density at radius 3 is 2.37 bits per heavy atom. The zero-order valence-electron chi connectivity index (χ0n) is 11.8. The molecule has 1 aliphatic rings. The number of carboxylic acids is 1. The lowest BCUT2D eigenvalue weighted by Gasteiger charge is -2.37. The van der Waals surface area contributed by atoms with Crippen LogP contribution in [0.3, 0.4) is 0 Å². The van der Waals surface area contributed by atoms with Gasteiger partial charge < -0.3 is 15.3 Å². The molecule has 2 amide bonds. The van der Waals surface area contributed by atoms with Crippen molar-refractivity contribution in [1.82, 2.24) is 10.2 Å². The second-order valence-electron chi connectivity index (χ2n) is 5.41. The highest BCUT2D eigenvalue weighted by molar-refractivity contribution is 5.86. The molecule has 2 N–H and O–H groups in total. The third-order valence-electron chi connectivity index (χ3n) is 3.67. The maximum Gasteiger partial charge on any atom is 0.329 e. The quantitative estimate of drug-likeness (QED) is 0.752. The molecule has 0 atom stereocenters. The van der Waals surface area contributed by atoms with E-state index in [1.807, 2.05) is 13.8 Å². The van der Waals surface area contributed by atoms with Gasteiger partial charge in [0.1, 0.15) is 5.54 Å². The van der Waals surface area contributed by atoms with Crippen LogP contribution in [0.15, 0.2) is 12.7 Å². The number of hydrogen-bond donors (Lipinski definition) is 2. The van der Waals surface area contributed by atoms with Crippen LogP contribution >= 0.6 is 0 Å². The Morgan fingerprint density at radius 1 is 1.37 bits per heavy atom. The Hall–Kier alpha value is -1.52. The lowest BCUT2D eigenvalue weighted by Crippen LogP contribution is -2.59. The van der Waals surface area contributed by atoms with E-state index in [1.165, 1.54) is 0 Å². The predicted octanol–water partition coefficient (Wildman–Crippen LogP) is 2.38. The molecule has 0 aromatic heterocycles. The first-order valence-electron chi connectivity index (χ1n) is 6.86. The fraction of sp³-hybridized carbons (Fsp3) is 0.714. The first kappa shape index (κ1) is 15.5. The minimum atomic E-state index is -1.09. The van der Waals surface area contributed by atoms with Gasteiger partial charge in [-0.25, -0.2) is 9.59 Å². The van der Waals surface area contributed by atoms with Crippen LogP contribution in [0.5, 0.6) is 0 Å². The third kappa shape index (κ3) is 3.72. The number of hydrogen-bond acceptors (Lipinski definition) is 2. The number of rotatable bonds is 5. The molecule has 19 heavy (non-hydrogen) atoms. The van der Waals surface area contributed by atoms with Crippen molar-refractivity contribution in [2.24, 2.45) is 0 Å². The SMILES string of the molecule is C=CCN(C(=O)NC1(C(=O)O)CCCCC1)C(C)C. The molecule has 1 saturated carbocycles. The van der Waals surface area contributed by atoms with Gasteiger partial charge in [-0.3, -0.25) is 0 Å². The summed E-state index contributed by atoms with van der Waals surface area (Å²) in [4.78, 5) is 25.4. The minimum absolute atomic E-state index is 0.00688. The Bertz CT molecular complexity index is 347. The van der Waals surface area contributed by atoms with E-state index in [1.54, 1.807) is 11.0 Å². The molecule has 0 unspecified atom stereocenters. The number of amides is 2. The van der Waals surface area contributed by atoms with Crippen molar-refractivity contribution in [2.45, 2.75) is 57.5 Å². The van der Waals surface area contributed by atoms with Gasteiger partial charge in [0.2, 0.25) is 0 Å². The lowest BCUT2D eigenvalue weighted by atomic mass is 9.82. The van der Waals surface area contributed by atoms with Crippen LogP contribution < -0.4 is 5.32 Å². The maximum atomic E-state index is 12.3. The fourth-order valence-electron chi connectivity index (χ4n) is 2.49. The molecule has 1 aliphatic carbocycles. The molecular weight excluding hydrogens is 244 g/mol. The average Bonchev–Trinajstić information content (AvgIpc) is 2.36. The molecule has 0 spiro atoms. The minimum Gasteiger partial charge on any atom is -0.480 e. The van der Waals surface area contributed by atoms with Crippen LogP contribution in [-0.2, 0) is 4.79 Å². The molecule has 1 fully saturated rings. The molecule has 0 bridgehead atoms. The van der Waals surface area contributed by atoms with Gasteiger partial charge in [-0.2, -0.15) is 0 Å². The van der Waals surface area contributed by atoms with Gasteiger partial charge >= 0.3 is 12.0 Å². The Labute approximate surface area is 114 Å². The molecule has 0 aromatic carbocycles. The predicted molar refractivity (Wildman–Crippen MR) is 74.0 cm³/mol. The number of nitrogens with zero attached hydrogens (tertiary/aromatic N) is 1. The Balaban J connectivity index is 2.80.